The Hall–Kier alpha value is -0.560. The highest BCUT2D eigenvalue weighted by Crippen LogP contribution is 2.25. The number of nitrogens with two attached hydrogens (primary N) is 1. The fourth-order valence-electron chi connectivity index (χ4n) is 1.46. The van der Waals surface area contributed by atoms with Crippen molar-refractivity contribution in [3.8, 4) is 0 Å². The van der Waals surface area contributed by atoms with Gasteiger partial charge in [0.25, 0.3) is 0 Å². The SMILES string of the molecule is C/C=C\C1=C(C)CC(N)C1.CC. The fourth-order valence-corrected chi connectivity index (χ4v) is 1.46. The highest BCUT2D eigenvalue weighted by Gasteiger charge is 2.15. The van der Waals surface area contributed by atoms with Crippen molar-refractivity contribution >= 4 is 0 Å². The molecule has 1 heteroatoms. The Morgan fingerprint density at radius 1 is 1.33 bits per heavy atom. The van der Waals surface area contributed by atoms with Gasteiger partial charge in [-0.25, -0.2) is 0 Å². The van der Waals surface area contributed by atoms with Gasteiger partial charge in [0.05, 0.1) is 0 Å². The van der Waals surface area contributed by atoms with Crippen molar-refractivity contribution in [3.05, 3.63) is 23.3 Å². The van der Waals surface area contributed by atoms with Crippen LogP contribution in [0.15, 0.2) is 23.3 Å². The lowest BCUT2D eigenvalue weighted by Crippen LogP contribution is -2.15. The van der Waals surface area contributed by atoms with Gasteiger partial charge in [0.15, 0.2) is 0 Å². The molecular formula is C11H21N. The molecule has 70 valence electrons. The second kappa shape index (κ2) is 6.01. The van der Waals surface area contributed by atoms with Gasteiger partial charge in [-0.2, -0.15) is 0 Å². The number of rotatable bonds is 1. The van der Waals surface area contributed by atoms with E-state index in [-0.39, 0.29) is 0 Å². The van der Waals surface area contributed by atoms with E-state index in [0.717, 1.165) is 12.8 Å². The Morgan fingerprint density at radius 3 is 2.25 bits per heavy atom. The molecule has 0 aliphatic heterocycles. The van der Waals surface area contributed by atoms with Crippen LogP contribution < -0.4 is 5.73 Å². The Kier molecular flexibility index (Phi) is 5.73. The van der Waals surface area contributed by atoms with E-state index in [0.29, 0.717) is 6.04 Å². The molecule has 12 heavy (non-hydrogen) atoms. The topological polar surface area (TPSA) is 26.0 Å². The molecule has 0 fully saturated rings. The van der Waals surface area contributed by atoms with Gasteiger partial charge in [-0.05, 0) is 32.3 Å². The van der Waals surface area contributed by atoms with E-state index in [9.17, 15) is 0 Å². The van der Waals surface area contributed by atoms with E-state index in [1.807, 2.05) is 20.8 Å². The standard InChI is InChI=1S/C9H15N.C2H6/c1-3-4-8-6-9(10)5-7(8)2;1-2/h3-4,9H,5-6,10H2,1-2H3;1-2H3/b4-3-;. The molecule has 1 aliphatic carbocycles. The van der Waals surface area contributed by atoms with Gasteiger partial charge in [-0.1, -0.05) is 31.6 Å². The van der Waals surface area contributed by atoms with Crippen LogP contribution in [0.2, 0.25) is 0 Å². The van der Waals surface area contributed by atoms with Crippen LogP contribution in [0, 0.1) is 0 Å². The Bertz CT molecular complexity index is 177. The van der Waals surface area contributed by atoms with Crippen LogP contribution >= 0.6 is 0 Å². The molecule has 0 spiro atoms. The molecule has 1 nitrogen and oxygen atoms in total. The second-order valence-electron chi connectivity index (χ2n) is 2.97. The van der Waals surface area contributed by atoms with Crippen LogP contribution in [0.25, 0.3) is 0 Å². The third-order valence-electron chi connectivity index (χ3n) is 1.97. The van der Waals surface area contributed by atoms with Crippen molar-refractivity contribution in [2.75, 3.05) is 0 Å². The highest BCUT2D eigenvalue weighted by molar-refractivity contribution is 5.30. The lowest BCUT2D eigenvalue weighted by molar-refractivity contribution is 0.715. The van der Waals surface area contributed by atoms with Crippen molar-refractivity contribution in [2.45, 2.75) is 46.6 Å². The quantitative estimate of drug-likeness (QED) is 0.638. The van der Waals surface area contributed by atoms with Gasteiger partial charge in [0.2, 0.25) is 0 Å². The average molecular weight is 167 g/mol. The minimum Gasteiger partial charge on any atom is -0.327 e. The largest absolute Gasteiger partial charge is 0.327 e. The Morgan fingerprint density at radius 2 is 1.92 bits per heavy atom. The van der Waals surface area contributed by atoms with E-state index in [2.05, 4.69) is 19.1 Å². The van der Waals surface area contributed by atoms with Crippen molar-refractivity contribution < 1.29 is 0 Å². The van der Waals surface area contributed by atoms with Gasteiger partial charge in [0, 0.05) is 6.04 Å². The fraction of sp³-hybridized carbons (Fsp3) is 0.636. The first kappa shape index (κ1) is 11.4. The zero-order valence-electron chi connectivity index (χ0n) is 8.72. The Labute approximate surface area is 76.3 Å². The van der Waals surface area contributed by atoms with E-state index in [1.54, 1.807) is 0 Å². The molecule has 0 radical (unpaired) electrons. The molecule has 0 aromatic heterocycles. The van der Waals surface area contributed by atoms with Gasteiger partial charge in [-0.15, -0.1) is 0 Å². The summed E-state index contributed by atoms with van der Waals surface area (Å²) in [6.07, 6.45) is 6.40. The third kappa shape index (κ3) is 3.22. The molecule has 0 bridgehead atoms. The maximum atomic E-state index is 5.77. The van der Waals surface area contributed by atoms with Crippen molar-refractivity contribution in [1.82, 2.24) is 0 Å². The molecule has 1 unspecified atom stereocenters. The van der Waals surface area contributed by atoms with Gasteiger partial charge in [0.1, 0.15) is 0 Å². The molecule has 0 heterocycles. The first-order valence-corrected chi connectivity index (χ1v) is 4.81. The van der Waals surface area contributed by atoms with Gasteiger partial charge in [-0.3, -0.25) is 0 Å². The summed E-state index contributed by atoms with van der Waals surface area (Å²) >= 11 is 0. The van der Waals surface area contributed by atoms with E-state index in [1.165, 1.54) is 11.1 Å². The maximum Gasteiger partial charge on any atom is 0.0117 e. The molecule has 0 saturated heterocycles. The van der Waals surface area contributed by atoms with Crippen molar-refractivity contribution in [2.24, 2.45) is 5.73 Å². The molecule has 2 N–H and O–H groups in total. The summed E-state index contributed by atoms with van der Waals surface area (Å²) in [5, 5.41) is 0. The summed E-state index contributed by atoms with van der Waals surface area (Å²) < 4.78 is 0. The first-order valence-electron chi connectivity index (χ1n) is 4.81. The third-order valence-corrected chi connectivity index (χ3v) is 1.97. The predicted molar refractivity (Wildman–Crippen MR) is 56.1 cm³/mol. The minimum absolute atomic E-state index is 0.381. The Balaban J connectivity index is 0.000000561. The predicted octanol–water partition coefficient (Wildman–Crippen LogP) is 3.03. The van der Waals surface area contributed by atoms with Crippen molar-refractivity contribution in [1.29, 1.82) is 0 Å². The van der Waals surface area contributed by atoms with Gasteiger partial charge >= 0.3 is 0 Å². The lowest BCUT2D eigenvalue weighted by atomic mass is 10.1. The molecular weight excluding hydrogens is 146 g/mol. The normalized spacial score (nSPS) is 22.9. The minimum atomic E-state index is 0.381. The maximum absolute atomic E-state index is 5.77. The van der Waals surface area contributed by atoms with E-state index in [4.69, 9.17) is 5.73 Å². The summed E-state index contributed by atoms with van der Waals surface area (Å²) in [7, 11) is 0. The molecule has 1 aliphatic rings. The van der Waals surface area contributed by atoms with Crippen LogP contribution in [0.3, 0.4) is 0 Å². The summed E-state index contributed by atoms with van der Waals surface area (Å²) in [4.78, 5) is 0. The van der Waals surface area contributed by atoms with E-state index >= 15 is 0 Å². The zero-order chi connectivity index (χ0) is 9.56. The smallest absolute Gasteiger partial charge is 0.0117 e. The van der Waals surface area contributed by atoms with E-state index < -0.39 is 0 Å². The monoisotopic (exact) mass is 167 g/mol. The molecule has 0 saturated carbocycles. The average Bonchev–Trinajstić information content (AvgIpc) is 2.35. The molecule has 1 atom stereocenters. The van der Waals surface area contributed by atoms with Gasteiger partial charge < -0.3 is 5.73 Å². The number of allylic oxidation sites excluding steroid dienone is 2. The van der Waals surface area contributed by atoms with Crippen molar-refractivity contribution in [3.63, 3.8) is 0 Å². The van der Waals surface area contributed by atoms with Crippen LogP contribution in [-0.2, 0) is 0 Å². The molecule has 0 amide bonds. The summed E-state index contributed by atoms with van der Waals surface area (Å²) in [6, 6.07) is 0.381. The number of hydrogen-bond donors (Lipinski definition) is 1. The highest BCUT2D eigenvalue weighted by atomic mass is 14.6. The van der Waals surface area contributed by atoms with Crippen LogP contribution in [0.1, 0.15) is 40.5 Å². The summed E-state index contributed by atoms with van der Waals surface area (Å²) in [6.45, 7) is 8.21. The lowest BCUT2D eigenvalue weighted by Gasteiger charge is -1.97. The molecule has 0 aromatic carbocycles. The zero-order valence-corrected chi connectivity index (χ0v) is 8.72. The van der Waals surface area contributed by atoms with Crippen LogP contribution in [0.5, 0.6) is 0 Å². The first-order chi connectivity index (χ1) is 5.74. The molecule has 0 aromatic rings. The van der Waals surface area contributed by atoms with Crippen LogP contribution in [0.4, 0.5) is 0 Å². The van der Waals surface area contributed by atoms with Crippen LogP contribution in [-0.4, -0.2) is 6.04 Å². The summed E-state index contributed by atoms with van der Waals surface area (Å²) in [5.41, 5.74) is 8.67. The molecule has 1 rings (SSSR count). The number of hydrogen-bond acceptors (Lipinski definition) is 1. The second-order valence-corrected chi connectivity index (χ2v) is 2.97. The summed E-state index contributed by atoms with van der Waals surface area (Å²) in [5.74, 6) is 0.